The van der Waals surface area contributed by atoms with E-state index in [0.29, 0.717) is 0 Å². The Morgan fingerprint density at radius 2 is 2.50 bits per heavy atom. The first-order valence-corrected chi connectivity index (χ1v) is 4.20. The molecule has 1 saturated heterocycles. The average Bonchev–Trinajstić information content (AvgIpc) is 2.33. The van der Waals surface area contributed by atoms with Gasteiger partial charge in [0.25, 0.3) is 0 Å². The Morgan fingerprint density at radius 3 is 2.90 bits per heavy atom. The minimum Gasteiger partial charge on any atom is -0.319 e. The summed E-state index contributed by atoms with van der Waals surface area (Å²) in [6.45, 7) is 0. The second kappa shape index (κ2) is 1.96. The van der Waals surface area contributed by atoms with E-state index in [4.69, 9.17) is 5.73 Å². The summed E-state index contributed by atoms with van der Waals surface area (Å²) in [5.74, 6) is 1.92. The molecule has 1 fully saturated rings. The second-order valence-electron chi connectivity index (χ2n) is 2.50. The van der Waals surface area contributed by atoms with Crippen LogP contribution in [-0.2, 0) is 5.54 Å². The molecule has 0 amide bonds. The molecule has 0 bridgehead atoms. The molecular weight excluding hydrogens is 148 g/mol. The zero-order valence-corrected chi connectivity index (χ0v) is 6.19. The van der Waals surface area contributed by atoms with Gasteiger partial charge in [-0.05, 0) is 0 Å². The Labute approximate surface area is 62.6 Å². The van der Waals surface area contributed by atoms with Gasteiger partial charge in [0.2, 0.25) is 0 Å². The van der Waals surface area contributed by atoms with E-state index in [0.717, 1.165) is 17.2 Å². The van der Waals surface area contributed by atoms with Crippen molar-refractivity contribution in [1.82, 2.24) is 15.4 Å². The molecule has 1 aliphatic heterocycles. The Bertz CT molecular complexity index is 216. The van der Waals surface area contributed by atoms with Crippen molar-refractivity contribution in [3.05, 3.63) is 11.9 Å². The Kier molecular flexibility index (Phi) is 1.21. The van der Waals surface area contributed by atoms with E-state index in [-0.39, 0.29) is 5.54 Å². The zero-order chi connectivity index (χ0) is 7.03. The predicted octanol–water partition coefficient (Wildman–Crippen LogP) is -0.295. The predicted molar refractivity (Wildman–Crippen MR) is 39.6 cm³/mol. The highest BCUT2D eigenvalue weighted by Crippen LogP contribution is 2.34. The van der Waals surface area contributed by atoms with E-state index < -0.39 is 0 Å². The number of hydrogen-bond donors (Lipinski definition) is 2. The molecule has 0 saturated carbocycles. The number of nitrogens with one attached hydrogen (secondary N) is 1. The molecule has 3 N–H and O–H groups in total. The molecule has 4 nitrogen and oxygen atoms in total. The summed E-state index contributed by atoms with van der Waals surface area (Å²) >= 11 is 1.84. The van der Waals surface area contributed by atoms with Gasteiger partial charge in [0.1, 0.15) is 5.69 Å². The van der Waals surface area contributed by atoms with Gasteiger partial charge in [-0.25, -0.2) is 0 Å². The number of hydrogen-bond acceptors (Lipinski definition) is 4. The van der Waals surface area contributed by atoms with Crippen LogP contribution in [0.25, 0.3) is 0 Å². The molecule has 1 aromatic rings. The second-order valence-corrected chi connectivity index (χ2v) is 3.49. The van der Waals surface area contributed by atoms with Crippen molar-refractivity contribution in [2.24, 2.45) is 5.73 Å². The van der Waals surface area contributed by atoms with Crippen molar-refractivity contribution in [3.8, 4) is 0 Å². The van der Waals surface area contributed by atoms with E-state index in [2.05, 4.69) is 15.4 Å². The Hall–Kier alpha value is -0.550. The molecule has 54 valence electrons. The quantitative estimate of drug-likeness (QED) is 0.586. The molecular formula is C5H8N4S. The maximum absolute atomic E-state index is 5.93. The van der Waals surface area contributed by atoms with Gasteiger partial charge in [-0.2, -0.15) is 27.2 Å². The summed E-state index contributed by atoms with van der Waals surface area (Å²) < 4.78 is 0. The third-order valence-electron chi connectivity index (χ3n) is 1.64. The Balaban J connectivity index is 2.27. The van der Waals surface area contributed by atoms with Crippen molar-refractivity contribution in [1.29, 1.82) is 0 Å². The number of H-pyrrole nitrogens is 1. The topological polar surface area (TPSA) is 67.6 Å². The normalized spacial score (nSPS) is 22.1. The van der Waals surface area contributed by atoms with Crippen LogP contribution < -0.4 is 5.73 Å². The molecule has 10 heavy (non-hydrogen) atoms. The average molecular weight is 156 g/mol. The molecule has 0 radical (unpaired) electrons. The molecule has 0 aromatic carbocycles. The maximum atomic E-state index is 5.93. The highest BCUT2D eigenvalue weighted by Gasteiger charge is 2.37. The van der Waals surface area contributed by atoms with Gasteiger partial charge in [-0.3, -0.25) is 0 Å². The fourth-order valence-corrected chi connectivity index (χ4v) is 1.85. The summed E-state index contributed by atoms with van der Waals surface area (Å²) in [5.41, 5.74) is 6.61. The van der Waals surface area contributed by atoms with Crippen LogP contribution in [0, 0.1) is 0 Å². The number of thioether (sulfide) groups is 1. The minimum absolute atomic E-state index is 0.197. The first-order valence-electron chi connectivity index (χ1n) is 3.04. The molecule has 0 aliphatic carbocycles. The maximum Gasteiger partial charge on any atom is 0.104 e. The van der Waals surface area contributed by atoms with Crippen LogP contribution in [0.15, 0.2) is 6.20 Å². The number of nitrogens with zero attached hydrogens (tertiary/aromatic N) is 2. The third-order valence-corrected chi connectivity index (χ3v) is 3.08. The first-order chi connectivity index (χ1) is 4.81. The van der Waals surface area contributed by atoms with Crippen LogP contribution in [0.4, 0.5) is 0 Å². The van der Waals surface area contributed by atoms with Crippen LogP contribution >= 0.6 is 11.8 Å². The third kappa shape index (κ3) is 0.741. The number of nitrogens with two attached hydrogens (primary N) is 1. The molecule has 0 spiro atoms. The molecule has 1 aliphatic rings. The lowest BCUT2D eigenvalue weighted by Gasteiger charge is -2.34. The lowest BCUT2D eigenvalue weighted by Crippen LogP contribution is -2.49. The molecule has 2 heterocycles. The SMILES string of the molecule is NC1(c2cn[nH]n2)CSC1. The monoisotopic (exact) mass is 156 g/mol. The summed E-state index contributed by atoms with van der Waals surface area (Å²) in [7, 11) is 0. The summed E-state index contributed by atoms with van der Waals surface area (Å²) in [6, 6.07) is 0. The van der Waals surface area contributed by atoms with Gasteiger partial charge < -0.3 is 5.73 Å². The van der Waals surface area contributed by atoms with E-state index in [1.54, 1.807) is 6.20 Å². The van der Waals surface area contributed by atoms with E-state index in [1.165, 1.54) is 0 Å². The molecule has 5 heteroatoms. The largest absolute Gasteiger partial charge is 0.319 e. The van der Waals surface area contributed by atoms with Crippen LogP contribution in [0.1, 0.15) is 5.69 Å². The van der Waals surface area contributed by atoms with Gasteiger partial charge in [0.05, 0.1) is 11.7 Å². The van der Waals surface area contributed by atoms with E-state index in [1.807, 2.05) is 11.8 Å². The first kappa shape index (κ1) is 6.18. The zero-order valence-electron chi connectivity index (χ0n) is 5.37. The van der Waals surface area contributed by atoms with Gasteiger partial charge in [-0.1, -0.05) is 0 Å². The van der Waals surface area contributed by atoms with Gasteiger partial charge >= 0.3 is 0 Å². The van der Waals surface area contributed by atoms with Crippen molar-refractivity contribution in [2.45, 2.75) is 5.54 Å². The lowest BCUT2D eigenvalue weighted by atomic mass is 10.0. The van der Waals surface area contributed by atoms with Crippen molar-refractivity contribution >= 4 is 11.8 Å². The van der Waals surface area contributed by atoms with Crippen molar-refractivity contribution < 1.29 is 0 Å². The van der Waals surface area contributed by atoms with Crippen molar-refractivity contribution in [3.63, 3.8) is 0 Å². The molecule has 1 aromatic heterocycles. The van der Waals surface area contributed by atoms with Crippen LogP contribution in [0.2, 0.25) is 0 Å². The number of aromatic amines is 1. The smallest absolute Gasteiger partial charge is 0.104 e. The summed E-state index contributed by atoms with van der Waals surface area (Å²) in [4.78, 5) is 0. The van der Waals surface area contributed by atoms with Gasteiger partial charge in [0, 0.05) is 11.5 Å². The van der Waals surface area contributed by atoms with Crippen LogP contribution in [-0.4, -0.2) is 26.9 Å². The minimum atomic E-state index is -0.197. The van der Waals surface area contributed by atoms with E-state index >= 15 is 0 Å². The van der Waals surface area contributed by atoms with Crippen LogP contribution in [0.3, 0.4) is 0 Å². The van der Waals surface area contributed by atoms with Crippen molar-refractivity contribution in [2.75, 3.05) is 11.5 Å². The summed E-state index contributed by atoms with van der Waals surface area (Å²) in [6.07, 6.45) is 1.69. The van der Waals surface area contributed by atoms with Gasteiger partial charge in [-0.15, -0.1) is 0 Å². The molecule has 2 rings (SSSR count). The molecule has 0 unspecified atom stereocenters. The fraction of sp³-hybridized carbons (Fsp3) is 0.600. The molecule has 0 atom stereocenters. The number of rotatable bonds is 1. The standard InChI is InChI=1S/C5H8N4S/c6-5(2-10-3-5)4-1-7-9-8-4/h1H,2-3,6H2,(H,7,8,9). The highest BCUT2D eigenvalue weighted by atomic mass is 32.2. The van der Waals surface area contributed by atoms with Gasteiger partial charge in [0.15, 0.2) is 0 Å². The lowest BCUT2D eigenvalue weighted by molar-refractivity contribution is 0.525. The highest BCUT2D eigenvalue weighted by molar-refractivity contribution is 8.00. The van der Waals surface area contributed by atoms with Crippen LogP contribution in [0.5, 0.6) is 0 Å². The summed E-state index contributed by atoms with van der Waals surface area (Å²) in [5, 5.41) is 10.2. The fourth-order valence-electron chi connectivity index (χ4n) is 0.911. The Morgan fingerprint density at radius 1 is 1.70 bits per heavy atom. The van der Waals surface area contributed by atoms with E-state index in [9.17, 15) is 0 Å². The number of aromatic nitrogens is 3.